The fourth-order valence-electron chi connectivity index (χ4n) is 2.25. The number of anilines is 2. The summed E-state index contributed by atoms with van der Waals surface area (Å²) < 4.78 is 0. The number of benzene rings is 1. The minimum Gasteiger partial charge on any atom is -0.379 e. The van der Waals surface area contributed by atoms with E-state index in [9.17, 15) is 0 Å². The van der Waals surface area contributed by atoms with E-state index in [0.717, 1.165) is 6.54 Å². The van der Waals surface area contributed by atoms with Gasteiger partial charge in [-0.25, -0.2) is 0 Å². The van der Waals surface area contributed by atoms with Crippen LogP contribution in [0.25, 0.3) is 0 Å². The molecule has 0 bridgehead atoms. The highest BCUT2D eigenvalue weighted by molar-refractivity contribution is 5.74. The Morgan fingerprint density at radius 1 is 1.25 bits per heavy atom. The Morgan fingerprint density at radius 3 is 2.50 bits per heavy atom. The molecule has 0 saturated heterocycles. The average Bonchev–Trinajstić information content (AvgIpc) is 2.20. The van der Waals surface area contributed by atoms with Gasteiger partial charge in [0.15, 0.2) is 0 Å². The highest BCUT2D eigenvalue weighted by Gasteiger charge is 2.23. The van der Waals surface area contributed by atoms with E-state index < -0.39 is 0 Å². The standard InChI is InChI=1S/C14H22N2/c1-9(2)13-8-16(5)14-7-11(4)10(3)6-12(14)15-13/h6-7,9,13,15H,8H2,1-5H3. The van der Waals surface area contributed by atoms with Crippen molar-refractivity contribution in [2.45, 2.75) is 33.7 Å². The van der Waals surface area contributed by atoms with Crippen LogP contribution >= 0.6 is 0 Å². The van der Waals surface area contributed by atoms with E-state index in [1.54, 1.807) is 0 Å². The Labute approximate surface area is 98.7 Å². The Hall–Kier alpha value is -1.18. The van der Waals surface area contributed by atoms with E-state index in [1.807, 2.05) is 0 Å². The van der Waals surface area contributed by atoms with Gasteiger partial charge < -0.3 is 10.2 Å². The van der Waals surface area contributed by atoms with Gasteiger partial charge in [0.25, 0.3) is 0 Å². The number of aryl methyl sites for hydroxylation is 2. The summed E-state index contributed by atoms with van der Waals surface area (Å²) in [5.74, 6) is 0.664. The van der Waals surface area contributed by atoms with Gasteiger partial charge in [-0.05, 0) is 43.0 Å². The Balaban J connectivity index is 2.39. The molecule has 0 radical (unpaired) electrons. The molecule has 2 rings (SSSR count). The third kappa shape index (κ3) is 1.89. The van der Waals surface area contributed by atoms with Crippen LogP contribution in [0.3, 0.4) is 0 Å². The Kier molecular flexibility index (Phi) is 2.83. The quantitative estimate of drug-likeness (QED) is 0.778. The first kappa shape index (κ1) is 11.3. The molecule has 0 fully saturated rings. The van der Waals surface area contributed by atoms with Crippen LogP contribution < -0.4 is 10.2 Å². The summed E-state index contributed by atoms with van der Waals surface area (Å²) >= 11 is 0. The molecule has 1 heterocycles. The minimum atomic E-state index is 0.555. The lowest BCUT2D eigenvalue weighted by Crippen LogP contribution is -2.42. The van der Waals surface area contributed by atoms with Crippen molar-refractivity contribution in [1.82, 2.24) is 0 Å². The zero-order chi connectivity index (χ0) is 11.9. The number of likely N-dealkylation sites (N-methyl/N-ethyl adjacent to an activating group) is 1. The summed E-state index contributed by atoms with van der Waals surface area (Å²) in [4.78, 5) is 2.36. The van der Waals surface area contributed by atoms with E-state index in [-0.39, 0.29) is 0 Å². The summed E-state index contributed by atoms with van der Waals surface area (Å²) in [7, 11) is 2.18. The first-order valence-electron chi connectivity index (χ1n) is 6.08. The van der Waals surface area contributed by atoms with E-state index >= 15 is 0 Å². The number of fused-ring (bicyclic) bond motifs is 1. The van der Waals surface area contributed by atoms with Gasteiger partial charge in [-0.1, -0.05) is 13.8 Å². The first-order valence-corrected chi connectivity index (χ1v) is 6.08. The number of hydrogen-bond acceptors (Lipinski definition) is 2. The minimum absolute atomic E-state index is 0.555. The van der Waals surface area contributed by atoms with Crippen molar-refractivity contribution in [2.75, 3.05) is 23.8 Å². The molecule has 2 heteroatoms. The van der Waals surface area contributed by atoms with Crippen molar-refractivity contribution < 1.29 is 0 Å². The maximum Gasteiger partial charge on any atom is 0.0603 e. The number of rotatable bonds is 1. The van der Waals surface area contributed by atoms with Gasteiger partial charge in [0.1, 0.15) is 0 Å². The zero-order valence-electron chi connectivity index (χ0n) is 11.0. The summed E-state index contributed by atoms with van der Waals surface area (Å²) in [5.41, 5.74) is 5.36. The molecule has 1 unspecified atom stereocenters. The molecule has 1 aromatic carbocycles. The Morgan fingerprint density at radius 2 is 1.88 bits per heavy atom. The van der Waals surface area contributed by atoms with Crippen LogP contribution in [0.4, 0.5) is 11.4 Å². The first-order chi connectivity index (χ1) is 7.49. The lowest BCUT2D eigenvalue weighted by atomic mass is 9.98. The van der Waals surface area contributed by atoms with Gasteiger partial charge in [0, 0.05) is 19.6 Å². The monoisotopic (exact) mass is 218 g/mol. The van der Waals surface area contributed by atoms with Crippen LogP contribution in [0, 0.1) is 19.8 Å². The molecule has 2 nitrogen and oxygen atoms in total. The van der Waals surface area contributed by atoms with Crippen LogP contribution in [0.1, 0.15) is 25.0 Å². The summed E-state index contributed by atoms with van der Waals surface area (Å²) in [6, 6.07) is 5.11. The predicted octanol–water partition coefficient (Wildman–Crippen LogP) is 3.19. The lowest BCUT2D eigenvalue weighted by molar-refractivity contribution is 0.514. The molecule has 1 N–H and O–H groups in total. The SMILES string of the molecule is Cc1cc2c(cc1C)N(C)CC(C(C)C)N2. The highest BCUT2D eigenvalue weighted by atomic mass is 15.2. The normalized spacial score (nSPS) is 19.6. The highest BCUT2D eigenvalue weighted by Crippen LogP contribution is 2.33. The van der Waals surface area contributed by atoms with E-state index in [1.165, 1.54) is 22.5 Å². The molecule has 0 amide bonds. The molecule has 0 saturated carbocycles. The van der Waals surface area contributed by atoms with Crippen LogP contribution in [-0.2, 0) is 0 Å². The largest absolute Gasteiger partial charge is 0.379 e. The second-order valence-electron chi connectivity index (χ2n) is 5.33. The van der Waals surface area contributed by atoms with Gasteiger partial charge in [-0.15, -0.1) is 0 Å². The van der Waals surface area contributed by atoms with Gasteiger partial charge in [0.2, 0.25) is 0 Å². The molecule has 0 spiro atoms. The number of nitrogens with zero attached hydrogens (tertiary/aromatic N) is 1. The maximum atomic E-state index is 3.65. The molecule has 1 atom stereocenters. The predicted molar refractivity (Wildman–Crippen MR) is 71.4 cm³/mol. The van der Waals surface area contributed by atoms with E-state index in [2.05, 4.69) is 57.1 Å². The molecule has 1 aromatic rings. The second-order valence-corrected chi connectivity index (χ2v) is 5.33. The van der Waals surface area contributed by atoms with E-state index in [0.29, 0.717) is 12.0 Å². The van der Waals surface area contributed by atoms with Crippen molar-refractivity contribution >= 4 is 11.4 Å². The van der Waals surface area contributed by atoms with E-state index in [4.69, 9.17) is 0 Å². The van der Waals surface area contributed by atoms with Crippen molar-refractivity contribution in [3.05, 3.63) is 23.3 Å². The molecule has 1 aliphatic heterocycles. The summed E-state index contributed by atoms with van der Waals surface area (Å²) in [6.07, 6.45) is 0. The van der Waals surface area contributed by atoms with Gasteiger partial charge >= 0.3 is 0 Å². The van der Waals surface area contributed by atoms with Crippen molar-refractivity contribution in [3.63, 3.8) is 0 Å². The van der Waals surface area contributed by atoms with Gasteiger partial charge in [0.05, 0.1) is 11.4 Å². The molecule has 88 valence electrons. The molecule has 1 aliphatic rings. The van der Waals surface area contributed by atoms with Crippen LogP contribution in [0.5, 0.6) is 0 Å². The zero-order valence-corrected chi connectivity index (χ0v) is 11.0. The van der Waals surface area contributed by atoms with Gasteiger partial charge in [-0.2, -0.15) is 0 Å². The van der Waals surface area contributed by atoms with Crippen LogP contribution in [0.15, 0.2) is 12.1 Å². The lowest BCUT2D eigenvalue weighted by Gasteiger charge is -2.37. The fraction of sp³-hybridized carbons (Fsp3) is 0.571. The molecule has 0 aliphatic carbocycles. The number of hydrogen-bond donors (Lipinski definition) is 1. The topological polar surface area (TPSA) is 15.3 Å². The number of nitrogens with one attached hydrogen (secondary N) is 1. The third-order valence-electron chi connectivity index (χ3n) is 3.64. The summed E-state index contributed by atoms with van der Waals surface area (Å²) in [6.45, 7) is 10.00. The maximum absolute atomic E-state index is 3.65. The molecular weight excluding hydrogens is 196 g/mol. The third-order valence-corrected chi connectivity index (χ3v) is 3.64. The Bertz CT molecular complexity index is 396. The average molecular weight is 218 g/mol. The molecule has 16 heavy (non-hydrogen) atoms. The van der Waals surface area contributed by atoms with Crippen molar-refractivity contribution in [2.24, 2.45) is 5.92 Å². The second kappa shape index (κ2) is 4.00. The smallest absolute Gasteiger partial charge is 0.0603 e. The summed E-state index contributed by atoms with van der Waals surface area (Å²) in [5, 5.41) is 3.65. The van der Waals surface area contributed by atoms with Crippen molar-refractivity contribution in [1.29, 1.82) is 0 Å². The van der Waals surface area contributed by atoms with Crippen molar-refractivity contribution in [3.8, 4) is 0 Å². The fourth-order valence-corrected chi connectivity index (χ4v) is 2.25. The molecular formula is C14H22N2. The van der Waals surface area contributed by atoms with Crippen LogP contribution in [0.2, 0.25) is 0 Å². The van der Waals surface area contributed by atoms with Gasteiger partial charge in [-0.3, -0.25) is 0 Å². The van der Waals surface area contributed by atoms with Crippen LogP contribution in [-0.4, -0.2) is 19.6 Å². The molecule has 0 aromatic heterocycles.